The molecule has 0 spiro atoms. The van der Waals surface area contributed by atoms with Crippen LogP contribution in [0.2, 0.25) is 0 Å². The molecule has 3 heteroatoms. The fraction of sp³-hybridized carbons (Fsp3) is 0.375. The van der Waals surface area contributed by atoms with E-state index in [4.69, 9.17) is 10.5 Å². The second-order valence-corrected chi connectivity index (χ2v) is 6.03. The van der Waals surface area contributed by atoms with Gasteiger partial charge < -0.3 is 10.5 Å². The Morgan fingerprint density at radius 2 is 2.21 bits per heavy atom. The van der Waals surface area contributed by atoms with Gasteiger partial charge in [-0.2, -0.15) is 0 Å². The van der Waals surface area contributed by atoms with Crippen LogP contribution in [0.25, 0.3) is 0 Å². The van der Waals surface area contributed by atoms with Crippen molar-refractivity contribution in [3.05, 3.63) is 51.7 Å². The molecular weight excluding hydrogens is 254 g/mol. The highest BCUT2D eigenvalue weighted by molar-refractivity contribution is 7.09. The predicted octanol–water partition coefficient (Wildman–Crippen LogP) is 3.71. The van der Waals surface area contributed by atoms with Crippen molar-refractivity contribution >= 4 is 11.3 Å². The maximum atomic E-state index is 6.17. The van der Waals surface area contributed by atoms with Gasteiger partial charge in [0.1, 0.15) is 5.75 Å². The number of hydrogen-bond donors (Lipinski definition) is 1. The van der Waals surface area contributed by atoms with E-state index in [0.29, 0.717) is 0 Å². The van der Waals surface area contributed by atoms with Gasteiger partial charge >= 0.3 is 0 Å². The minimum Gasteiger partial charge on any atom is -0.493 e. The predicted molar refractivity (Wildman–Crippen MR) is 79.8 cm³/mol. The molecule has 0 aliphatic heterocycles. The molecule has 1 aromatic heterocycles. The second kappa shape index (κ2) is 5.76. The molecule has 0 saturated heterocycles. The second-order valence-electron chi connectivity index (χ2n) is 5.00. The molecule has 0 fully saturated rings. The molecule has 100 valence electrons. The van der Waals surface area contributed by atoms with Gasteiger partial charge in [0.2, 0.25) is 0 Å². The van der Waals surface area contributed by atoms with E-state index in [1.54, 1.807) is 11.3 Å². The van der Waals surface area contributed by atoms with E-state index in [9.17, 15) is 0 Å². The first kappa shape index (κ1) is 12.7. The highest BCUT2D eigenvalue weighted by Crippen LogP contribution is 2.34. The molecule has 3 rings (SSSR count). The van der Waals surface area contributed by atoms with Crippen LogP contribution in [0.5, 0.6) is 5.75 Å². The summed E-state index contributed by atoms with van der Waals surface area (Å²) in [4.78, 5) is 1.38. The van der Waals surface area contributed by atoms with Crippen LogP contribution in [0.4, 0.5) is 0 Å². The van der Waals surface area contributed by atoms with Crippen LogP contribution in [-0.4, -0.2) is 6.61 Å². The standard InChI is InChI=1S/C16H19NOS/c17-15-7-1-6-14-13(15)5-2-8-16(14)18-10-9-12-4-3-11-19-12/h2-5,8,11,15H,1,6-7,9-10,17H2. The summed E-state index contributed by atoms with van der Waals surface area (Å²) in [6.07, 6.45) is 4.33. The summed E-state index contributed by atoms with van der Waals surface area (Å²) in [5.74, 6) is 1.03. The van der Waals surface area contributed by atoms with Gasteiger partial charge in [-0.1, -0.05) is 18.2 Å². The number of thiophene rings is 1. The van der Waals surface area contributed by atoms with Gasteiger partial charge in [-0.25, -0.2) is 0 Å². The van der Waals surface area contributed by atoms with Gasteiger partial charge in [-0.3, -0.25) is 0 Å². The molecule has 0 saturated carbocycles. The van der Waals surface area contributed by atoms with E-state index in [1.165, 1.54) is 22.4 Å². The molecule has 1 aromatic carbocycles. The third-order valence-electron chi connectivity index (χ3n) is 3.70. The first-order chi connectivity index (χ1) is 9.34. The van der Waals surface area contributed by atoms with Crippen LogP contribution in [0, 0.1) is 0 Å². The van der Waals surface area contributed by atoms with Crippen molar-refractivity contribution in [1.82, 2.24) is 0 Å². The van der Waals surface area contributed by atoms with Crippen LogP contribution < -0.4 is 10.5 Å². The zero-order chi connectivity index (χ0) is 13.1. The van der Waals surface area contributed by atoms with E-state index in [0.717, 1.165) is 31.6 Å². The molecular formula is C16H19NOS. The minimum atomic E-state index is 0.185. The highest BCUT2D eigenvalue weighted by Gasteiger charge is 2.19. The molecule has 1 unspecified atom stereocenters. The van der Waals surface area contributed by atoms with Crippen LogP contribution in [0.15, 0.2) is 35.7 Å². The lowest BCUT2D eigenvalue weighted by Crippen LogP contribution is -2.18. The van der Waals surface area contributed by atoms with E-state index >= 15 is 0 Å². The zero-order valence-corrected chi connectivity index (χ0v) is 11.8. The monoisotopic (exact) mass is 273 g/mol. The van der Waals surface area contributed by atoms with Gasteiger partial charge in [-0.05, 0) is 47.9 Å². The minimum absolute atomic E-state index is 0.185. The Morgan fingerprint density at radius 1 is 1.26 bits per heavy atom. The first-order valence-electron chi connectivity index (χ1n) is 6.87. The van der Waals surface area contributed by atoms with Crippen LogP contribution in [0.3, 0.4) is 0 Å². The van der Waals surface area contributed by atoms with Crippen molar-refractivity contribution in [1.29, 1.82) is 0 Å². The zero-order valence-electron chi connectivity index (χ0n) is 11.0. The van der Waals surface area contributed by atoms with Crippen LogP contribution >= 0.6 is 11.3 Å². The Morgan fingerprint density at radius 3 is 3.05 bits per heavy atom. The fourth-order valence-corrected chi connectivity index (χ4v) is 3.39. The maximum Gasteiger partial charge on any atom is 0.122 e. The summed E-state index contributed by atoms with van der Waals surface area (Å²) in [5.41, 5.74) is 8.77. The lowest BCUT2D eigenvalue weighted by molar-refractivity contribution is 0.317. The normalized spacial score (nSPS) is 18.1. The van der Waals surface area contributed by atoms with Crippen molar-refractivity contribution in [3.63, 3.8) is 0 Å². The Bertz CT molecular complexity index is 536. The molecule has 1 aliphatic carbocycles. The van der Waals surface area contributed by atoms with E-state index in [-0.39, 0.29) is 6.04 Å². The summed E-state index contributed by atoms with van der Waals surface area (Å²) < 4.78 is 5.98. The number of rotatable bonds is 4. The van der Waals surface area contributed by atoms with Crippen LogP contribution in [-0.2, 0) is 12.8 Å². The average molecular weight is 273 g/mol. The number of nitrogens with two attached hydrogens (primary N) is 1. The Kier molecular flexibility index (Phi) is 3.85. The lowest BCUT2D eigenvalue weighted by atomic mass is 9.87. The lowest BCUT2D eigenvalue weighted by Gasteiger charge is -2.24. The Labute approximate surface area is 118 Å². The summed E-state index contributed by atoms with van der Waals surface area (Å²) in [6, 6.07) is 10.7. The molecule has 0 bridgehead atoms. The van der Waals surface area contributed by atoms with Crippen molar-refractivity contribution in [2.45, 2.75) is 31.7 Å². The van der Waals surface area contributed by atoms with Crippen molar-refractivity contribution in [2.75, 3.05) is 6.61 Å². The molecule has 1 heterocycles. The third-order valence-corrected chi connectivity index (χ3v) is 4.63. The molecule has 1 atom stereocenters. The fourth-order valence-electron chi connectivity index (χ4n) is 2.70. The Hall–Kier alpha value is -1.32. The molecule has 19 heavy (non-hydrogen) atoms. The highest BCUT2D eigenvalue weighted by atomic mass is 32.1. The molecule has 1 aliphatic rings. The van der Waals surface area contributed by atoms with Crippen LogP contribution in [0.1, 0.15) is 34.9 Å². The molecule has 2 N–H and O–H groups in total. The summed E-state index contributed by atoms with van der Waals surface area (Å²) in [6.45, 7) is 0.742. The molecule has 0 radical (unpaired) electrons. The van der Waals surface area contributed by atoms with Gasteiger partial charge in [0.05, 0.1) is 6.61 Å². The quantitative estimate of drug-likeness (QED) is 0.921. The molecule has 2 aromatic rings. The van der Waals surface area contributed by atoms with E-state index in [2.05, 4.69) is 35.7 Å². The third kappa shape index (κ3) is 2.82. The SMILES string of the molecule is NC1CCCc2c(OCCc3cccs3)cccc21. The largest absolute Gasteiger partial charge is 0.493 e. The summed E-state index contributed by atoms with van der Waals surface area (Å²) in [5, 5.41) is 2.11. The number of ether oxygens (including phenoxy) is 1. The van der Waals surface area contributed by atoms with Gasteiger partial charge in [-0.15, -0.1) is 11.3 Å². The summed E-state index contributed by atoms with van der Waals surface area (Å²) >= 11 is 1.79. The van der Waals surface area contributed by atoms with Crippen molar-refractivity contribution in [3.8, 4) is 5.75 Å². The number of hydrogen-bond acceptors (Lipinski definition) is 3. The number of fused-ring (bicyclic) bond motifs is 1. The molecule has 2 nitrogen and oxygen atoms in total. The molecule has 0 amide bonds. The first-order valence-corrected chi connectivity index (χ1v) is 7.75. The van der Waals surface area contributed by atoms with Crippen molar-refractivity contribution in [2.24, 2.45) is 5.73 Å². The van der Waals surface area contributed by atoms with Gasteiger partial charge in [0.25, 0.3) is 0 Å². The maximum absolute atomic E-state index is 6.17. The Balaban J connectivity index is 1.69. The topological polar surface area (TPSA) is 35.2 Å². The summed E-state index contributed by atoms with van der Waals surface area (Å²) in [7, 11) is 0. The smallest absolute Gasteiger partial charge is 0.122 e. The van der Waals surface area contributed by atoms with Gasteiger partial charge in [0.15, 0.2) is 0 Å². The van der Waals surface area contributed by atoms with E-state index in [1.807, 2.05) is 0 Å². The average Bonchev–Trinajstić information content (AvgIpc) is 2.93. The number of benzene rings is 1. The van der Waals surface area contributed by atoms with Gasteiger partial charge in [0, 0.05) is 17.3 Å². The van der Waals surface area contributed by atoms with E-state index < -0.39 is 0 Å². The van der Waals surface area contributed by atoms with Crippen molar-refractivity contribution < 1.29 is 4.74 Å².